The Morgan fingerprint density at radius 3 is 1.78 bits per heavy atom. The van der Waals surface area contributed by atoms with Crippen molar-refractivity contribution in [2.75, 3.05) is 27.5 Å². The standard InChI is InChI=1S/C20H23N3O3S/c1-3-18(24)21-16-8-5-9-17(11-16)23-20(26)13-27-12-19(25)22-15-7-4-6-14(2)10-15/h4-11H,3,12-13H2,1-2H3,(H,21,24)(H,22,25)(H,23,26). The number of carbonyl (C=O) groups is 3. The van der Waals surface area contributed by atoms with E-state index in [0.717, 1.165) is 11.3 Å². The molecule has 0 aliphatic rings. The van der Waals surface area contributed by atoms with E-state index in [1.54, 1.807) is 31.2 Å². The molecule has 7 heteroatoms. The van der Waals surface area contributed by atoms with Crippen LogP contribution in [-0.4, -0.2) is 29.2 Å². The second-order valence-corrected chi connectivity index (χ2v) is 6.93. The number of thioether (sulfide) groups is 1. The third kappa shape index (κ3) is 7.53. The Kier molecular flexibility index (Phi) is 7.88. The molecular weight excluding hydrogens is 362 g/mol. The van der Waals surface area contributed by atoms with Crippen LogP contribution in [0.2, 0.25) is 0 Å². The lowest BCUT2D eigenvalue weighted by atomic mass is 10.2. The molecule has 0 fully saturated rings. The lowest BCUT2D eigenvalue weighted by Crippen LogP contribution is -2.18. The van der Waals surface area contributed by atoms with E-state index in [2.05, 4.69) is 16.0 Å². The Morgan fingerprint density at radius 2 is 1.26 bits per heavy atom. The number of hydrogen-bond donors (Lipinski definition) is 3. The highest BCUT2D eigenvalue weighted by atomic mass is 32.2. The zero-order chi connectivity index (χ0) is 19.6. The van der Waals surface area contributed by atoms with Gasteiger partial charge in [-0.05, 0) is 42.8 Å². The van der Waals surface area contributed by atoms with Crippen LogP contribution in [0, 0.1) is 6.92 Å². The van der Waals surface area contributed by atoms with Crippen LogP contribution >= 0.6 is 11.8 Å². The smallest absolute Gasteiger partial charge is 0.234 e. The first-order valence-electron chi connectivity index (χ1n) is 8.60. The molecule has 3 amide bonds. The van der Waals surface area contributed by atoms with E-state index < -0.39 is 0 Å². The van der Waals surface area contributed by atoms with Crippen molar-refractivity contribution in [1.29, 1.82) is 0 Å². The van der Waals surface area contributed by atoms with Crippen LogP contribution in [0.3, 0.4) is 0 Å². The van der Waals surface area contributed by atoms with Gasteiger partial charge < -0.3 is 16.0 Å². The maximum absolute atomic E-state index is 12.0. The monoisotopic (exact) mass is 385 g/mol. The van der Waals surface area contributed by atoms with Crippen molar-refractivity contribution in [3.8, 4) is 0 Å². The minimum Gasteiger partial charge on any atom is -0.326 e. The highest BCUT2D eigenvalue weighted by molar-refractivity contribution is 8.00. The molecule has 0 aromatic heterocycles. The minimum atomic E-state index is -0.206. The van der Waals surface area contributed by atoms with Crippen molar-refractivity contribution in [2.24, 2.45) is 0 Å². The summed E-state index contributed by atoms with van der Waals surface area (Å²) < 4.78 is 0. The van der Waals surface area contributed by atoms with Crippen LogP contribution in [-0.2, 0) is 14.4 Å². The van der Waals surface area contributed by atoms with Crippen LogP contribution < -0.4 is 16.0 Å². The summed E-state index contributed by atoms with van der Waals surface area (Å²) in [5.41, 5.74) is 3.04. The van der Waals surface area contributed by atoms with Gasteiger partial charge in [0, 0.05) is 23.5 Å². The molecule has 0 saturated heterocycles. The van der Waals surface area contributed by atoms with Crippen molar-refractivity contribution < 1.29 is 14.4 Å². The van der Waals surface area contributed by atoms with Crippen LogP contribution in [0.25, 0.3) is 0 Å². The molecule has 0 aliphatic carbocycles. The largest absolute Gasteiger partial charge is 0.326 e. The Morgan fingerprint density at radius 1 is 0.778 bits per heavy atom. The SMILES string of the molecule is CCC(=O)Nc1cccc(NC(=O)CSCC(=O)Nc2cccc(C)c2)c1. The van der Waals surface area contributed by atoms with E-state index in [1.165, 1.54) is 11.8 Å². The molecule has 2 aromatic carbocycles. The third-order valence-corrected chi connectivity index (χ3v) is 4.45. The molecule has 142 valence electrons. The second-order valence-electron chi connectivity index (χ2n) is 5.94. The summed E-state index contributed by atoms with van der Waals surface area (Å²) in [6, 6.07) is 14.5. The first-order chi connectivity index (χ1) is 13.0. The van der Waals surface area contributed by atoms with E-state index >= 15 is 0 Å². The van der Waals surface area contributed by atoms with E-state index in [-0.39, 0.29) is 29.2 Å². The molecule has 0 aliphatic heterocycles. The van der Waals surface area contributed by atoms with Crippen LogP contribution in [0.15, 0.2) is 48.5 Å². The highest BCUT2D eigenvalue weighted by Crippen LogP contribution is 2.16. The molecule has 2 aromatic rings. The summed E-state index contributed by atoms with van der Waals surface area (Å²) in [5.74, 6) is -0.0977. The summed E-state index contributed by atoms with van der Waals surface area (Å²) in [6.45, 7) is 3.73. The molecule has 0 spiro atoms. The number of hydrogen-bond acceptors (Lipinski definition) is 4. The lowest BCUT2D eigenvalue weighted by Gasteiger charge is -2.09. The molecule has 0 bridgehead atoms. The van der Waals surface area contributed by atoms with Crippen molar-refractivity contribution in [2.45, 2.75) is 20.3 Å². The molecular formula is C20H23N3O3S. The molecule has 0 unspecified atom stereocenters. The lowest BCUT2D eigenvalue weighted by molar-refractivity contribution is -0.116. The van der Waals surface area contributed by atoms with Gasteiger partial charge in [0.1, 0.15) is 0 Å². The maximum atomic E-state index is 12.0. The minimum absolute atomic E-state index is 0.0892. The molecule has 27 heavy (non-hydrogen) atoms. The zero-order valence-corrected chi connectivity index (χ0v) is 16.2. The molecule has 0 saturated carbocycles. The van der Waals surface area contributed by atoms with Gasteiger partial charge in [-0.2, -0.15) is 0 Å². The quantitative estimate of drug-likeness (QED) is 0.647. The fourth-order valence-electron chi connectivity index (χ4n) is 2.28. The van der Waals surface area contributed by atoms with Crippen molar-refractivity contribution in [1.82, 2.24) is 0 Å². The molecule has 3 N–H and O–H groups in total. The first kappa shape index (κ1) is 20.5. The summed E-state index contributed by atoms with van der Waals surface area (Å²) in [4.78, 5) is 35.4. The van der Waals surface area contributed by atoms with Gasteiger partial charge in [-0.25, -0.2) is 0 Å². The Balaban J connectivity index is 1.75. The third-order valence-electron chi connectivity index (χ3n) is 3.52. The van der Waals surface area contributed by atoms with Crippen LogP contribution in [0.5, 0.6) is 0 Å². The van der Waals surface area contributed by atoms with Gasteiger partial charge in [-0.1, -0.05) is 25.1 Å². The fraction of sp³-hybridized carbons (Fsp3) is 0.250. The molecule has 0 radical (unpaired) electrons. The van der Waals surface area contributed by atoms with Gasteiger partial charge >= 0.3 is 0 Å². The molecule has 6 nitrogen and oxygen atoms in total. The normalized spacial score (nSPS) is 10.1. The predicted octanol–water partition coefficient (Wildman–Crippen LogP) is 3.65. The summed E-state index contributed by atoms with van der Waals surface area (Å²) in [7, 11) is 0. The number of rotatable bonds is 8. The first-order valence-corrected chi connectivity index (χ1v) is 9.75. The predicted molar refractivity (Wildman–Crippen MR) is 111 cm³/mol. The van der Waals surface area contributed by atoms with E-state index in [4.69, 9.17) is 0 Å². The fourth-order valence-corrected chi connectivity index (χ4v) is 2.89. The number of amides is 3. The van der Waals surface area contributed by atoms with Gasteiger partial charge in [-0.15, -0.1) is 11.8 Å². The summed E-state index contributed by atoms with van der Waals surface area (Å²) in [6.07, 6.45) is 0.387. The topological polar surface area (TPSA) is 87.3 Å². The molecule has 2 rings (SSSR count). The Hall–Kier alpha value is -2.80. The van der Waals surface area contributed by atoms with E-state index in [0.29, 0.717) is 17.8 Å². The molecule has 0 atom stereocenters. The van der Waals surface area contributed by atoms with Crippen LogP contribution in [0.1, 0.15) is 18.9 Å². The maximum Gasteiger partial charge on any atom is 0.234 e. The average Bonchev–Trinajstić information content (AvgIpc) is 2.61. The number of carbonyl (C=O) groups excluding carboxylic acids is 3. The van der Waals surface area contributed by atoms with Gasteiger partial charge in [0.05, 0.1) is 11.5 Å². The Labute approximate surface area is 163 Å². The summed E-state index contributed by atoms with van der Waals surface area (Å²) in [5, 5.41) is 8.31. The zero-order valence-electron chi connectivity index (χ0n) is 15.4. The van der Waals surface area contributed by atoms with Gasteiger partial charge in [0.15, 0.2) is 0 Å². The van der Waals surface area contributed by atoms with Gasteiger partial charge in [0.25, 0.3) is 0 Å². The molecule has 0 heterocycles. The number of benzene rings is 2. The van der Waals surface area contributed by atoms with Crippen LogP contribution in [0.4, 0.5) is 17.1 Å². The van der Waals surface area contributed by atoms with Gasteiger partial charge in [0.2, 0.25) is 17.7 Å². The second kappa shape index (κ2) is 10.4. The average molecular weight is 385 g/mol. The number of aryl methyl sites for hydroxylation is 1. The Bertz CT molecular complexity index is 824. The van der Waals surface area contributed by atoms with E-state index in [9.17, 15) is 14.4 Å². The summed E-state index contributed by atoms with van der Waals surface area (Å²) >= 11 is 1.24. The van der Waals surface area contributed by atoms with E-state index in [1.807, 2.05) is 31.2 Å². The van der Waals surface area contributed by atoms with Crippen molar-refractivity contribution >= 4 is 46.5 Å². The number of anilines is 3. The van der Waals surface area contributed by atoms with Crippen molar-refractivity contribution in [3.63, 3.8) is 0 Å². The highest BCUT2D eigenvalue weighted by Gasteiger charge is 2.08. The number of nitrogens with one attached hydrogen (secondary N) is 3. The van der Waals surface area contributed by atoms with Gasteiger partial charge in [-0.3, -0.25) is 14.4 Å². The van der Waals surface area contributed by atoms with Crippen molar-refractivity contribution in [3.05, 3.63) is 54.1 Å².